The molecule has 2 heterocycles. The van der Waals surface area contributed by atoms with Crippen molar-refractivity contribution in [2.75, 3.05) is 33.5 Å². The fourth-order valence-corrected chi connectivity index (χ4v) is 1.56. The van der Waals surface area contributed by atoms with Crippen LogP contribution in [0, 0.1) is 5.92 Å². The van der Waals surface area contributed by atoms with Crippen LogP contribution in [0.15, 0.2) is 0 Å². The minimum absolute atomic E-state index is 0.0196. The Morgan fingerprint density at radius 2 is 1.53 bits per heavy atom. The summed E-state index contributed by atoms with van der Waals surface area (Å²) >= 11 is 0. The van der Waals surface area contributed by atoms with E-state index in [1.54, 1.807) is 7.11 Å². The van der Waals surface area contributed by atoms with Gasteiger partial charge in [0.25, 0.3) is 0 Å². The lowest BCUT2D eigenvalue weighted by Crippen LogP contribution is -2.27. The summed E-state index contributed by atoms with van der Waals surface area (Å²) in [4.78, 5) is 0. The Balaban J connectivity index is 0.000000171. The van der Waals surface area contributed by atoms with Gasteiger partial charge in [0.15, 0.2) is 12.6 Å². The summed E-state index contributed by atoms with van der Waals surface area (Å²) in [6.07, 6.45) is 0.112. The van der Waals surface area contributed by atoms with Crippen molar-refractivity contribution in [1.82, 2.24) is 0 Å². The van der Waals surface area contributed by atoms with E-state index < -0.39 is 0 Å². The molecular weight excluding hydrogens is 224 g/mol. The summed E-state index contributed by atoms with van der Waals surface area (Å²) in [5.41, 5.74) is 0. The minimum atomic E-state index is -0.0508. The van der Waals surface area contributed by atoms with E-state index >= 15 is 0 Å². The van der Waals surface area contributed by atoms with Crippen LogP contribution in [0.4, 0.5) is 0 Å². The van der Waals surface area contributed by atoms with Gasteiger partial charge in [-0.1, -0.05) is 6.92 Å². The fraction of sp³-hybridized carbons (Fsp3) is 1.00. The third-order valence-electron chi connectivity index (χ3n) is 2.48. The molecule has 102 valence electrons. The Labute approximate surface area is 103 Å². The Hall–Kier alpha value is -0.200. The maximum atomic E-state index is 5.25. The van der Waals surface area contributed by atoms with E-state index in [0.29, 0.717) is 19.1 Å². The minimum Gasteiger partial charge on any atom is -0.382 e. The maximum Gasteiger partial charge on any atom is 0.155 e. The van der Waals surface area contributed by atoms with Gasteiger partial charge in [0, 0.05) is 13.0 Å². The van der Waals surface area contributed by atoms with Crippen LogP contribution in [0.25, 0.3) is 0 Å². The molecule has 0 saturated carbocycles. The molecule has 0 N–H and O–H groups in total. The lowest BCUT2D eigenvalue weighted by atomic mass is 10.2. The first-order valence-corrected chi connectivity index (χ1v) is 6.11. The van der Waals surface area contributed by atoms with Gasteiger partial charge in [0.05, 0.1) is 26.4 Å². The molecule has 2 aliphatic rings. The Morgan fingerprint density at radius 3 is 1.94 bits per heavy atom. The van der Waals surface area contributed by atoms with Gasteiger partial charge in [-0.25, -0.2) is 0 Å². The highest BCUT2D eigenvalue weighted by Crippen LogP contribution is 2.10. The molecule has 0 spiro atoms. The van der Waals surface area contributed by atoms with Crippen molar-refractivity contribution < 1.29 is 23.7 Å². The van der Waals surface area contributed by atoms with Crippen LogP contribution < -0.4 is 0 Å². The molecule has 2 aliphatic heterocycles. The van der Waals surface area contributed by atoms with E-state index in [-0.39, 0.29) is 18.7 Å². The van der Waals surface area contributed by atoms with Crippen molar-refractivity contribution in [2.24, 2.45) is 5.92 Å². The zero-order chi connectivity index (χ0) is 12.7. The number of methoxy groups -OCH3 is 1. The van der Waals surface area contributed by atoms with E-state index in [0.717, 1.165) is 13.2 Å². The Kier molecular flexibility index (Phi) is 6.99. The van der Waals surface area contributed by atoms with Crippen molar-refractivity contribution in [3.63, 3.8) is 0 Å². The topological polar surface area (TPSA) is 46.2 Å². The van der Waals surface area contributed by atoms with Gasteiger partial charge in [0.1, 0.15) is 6.10 Å². The third-order valence-corrected chi connectivity index (χ3v) is 2.48. The van der Waals surface area contributed by atoms with Crippen molar-refractivity contribution in [1.29, 1.82) is 0 Å². The average molecular weight is 248 g/mol. The molecule has 0 bridgehead atoms. The van der Waals surface area contributed by atoms with E-state index in [2.05, 4.69) is 6.92 Å². The van der Waals surface area contributed by atoms with Crippen molar-refractivity contribution in [2.45, 2.75) is 39.5 Å². The van der Waals surface area contributed by atoms with Crippen LogP contribution in [0.3, 0.4) is 0 Å². The Morgan fingerprint density at radius 1 is 0.941 bits per heavy atom. The first-order valence-electron chi connectivity index (χ1n) is 6.11. The van der Waals surface area contributed by atoms with Crippen LogP contribution in [0.5, 0.6) is 0 Å². The summed E-state index contributed by atoms with van der Waals surface area (Å²) in [5.74, 6) is 0.575. The predicted molar refractivity (Wildman–Crippen MR) is 62.7 cm³/mol. The smallest absolute Gasteiger partial charge is 0.155 e. The highest BCUT2D eigenvalue weighted by molar-refractivity contribution is 4.60. The second kappa shape index (κ2) is 8.00. The molecule has 0 aliphatic carbocycles. The molecule has 0 amide bonds. The third kappa shape index (κ3) is 6.33. The van der Waals surface area contributed by atoms with Crippen LogP contribution >= 0.6 is 0 Å². The van der Waals surface area contributed by atoms with E-state index in [9.17, 15) is 0 Å². The van der Waals surface area contributed by atoms with Gasteiger partial charge in [-0.05, 0) is 13.8 Å². The molecule has 0 aromatic rings. The molecule has 2 saturated heterocycles. The normalized spacial score (nSPS) is 37.4. The number of rotatable bonds is 2. The molecule has 0 radical (unpaired) electrons. The molecule has 2 atom stereocenters. The quantitative estimate of drug-likeness (QED) is 0.739. The Bertz CT molecular complexity index is 179. The molecular formula is C12H24O5. The molecule has 2 unspecified atom stereocenters. The van der Waals surface area contributed by atoms with Gasteiger partial charge in [-0.2, -0.15) is 0 Å². The lowest BCUT2D eigenvalue weighted by Gasteiger charge is -2.24. The summed E-state index contributed by atoms with van der Waals surface area (Å²) in [6.45, 7) is 8.91. The zero-order valence-electron chi connectivity index (χ0n) is 11.2. The monoisotopic (exact) mass is 248 g/mol. The summed E-state index contributed by atoms with van der Waals surface area (Å²) < 4.78 is 25.6. The maximum absolute atomic E-state index is 5.25. The standard InChI is InChI=1S/C6H12O3.C6H12O2/c1-5-8-4-6(9-5)3-7-2;1-5-3-7-6(2)8-4-5/h5-6H,3-4H2,1-2H3;5-6H,3-4H2,1-2H3. The first-order chi connectivity index (χ1) is 8.11. The second-order valence-corrected chi connectivity index (χ2v) is 4.45. The molecule has 2 fully saturated rings. The summed E-state index contributed by atoms with van der Waals surface area (Å²) in [7, 11) is 1.66. The molecule has 5 nitrogen and oxygen atoms in total. The van der Waals surface area contributed by atoms with Crippen LogP contribution in [0.2, 0.25) is 0 Å². The lowest BCUT2D eigenvalue weighted by molar-refractivity contribution is -0.187. The largest absolute Gasteiger partial charge is 0.382 e. The van der Waals surface area contributed by atoms with E-state index in [1.165, 1.54) is 0 Å². The van der Waals surface area contributed by atoms with Crippen molar-refractivity contribution >= 4 is 0 Å². The van der Waals surface area contributed by atoms with Crippen LogP contribution in [-0.4, -0.2) is 52.2 Å². The van der Waals surface area contributed by atoms with Crippen molar-refractivity contribution in [3.05, 3.63) is 0 Å². The van der Waals surface area contributed by atoms with Gasteiger partial charge in [-0.15, -0.1) is 0 Å². The summed E-state index contributed by atoms with van der Waals surface area (Å²) in [6, 6.07) is 0. The van der Waals surface area contributed by atoms with Gasteiger partial charge in [-0.3, -0.25) is 0 Å². The number of hydrogen-bond donors (Lipinski definition) is 0. The first kappa shape index (κ1) is 14.9. The van der Waals surface area contributed by atoms with Crippen LogP contribution in [0.1, 0.15) is 20.8 Å². The number of ether oxygens (including phenoxy) is 5. The van der Waals surface area contributed by atoms with Crippen LogP contribution in [-0.2, 0) is 23.7 Å². The fourth-order valence-electron chi connectivity index (χ4n) is 1.56. The molecule has 2 rings (SSSR count). The number of hydrogen-bond acceptors (Lipinski definition) is 5. The molecule has 5 heteroatoms. The van der Waals surface area contributed by atoms with Gasteiger partial charge in [0.2, 0.25) is 0 Å². The van der Waals surface area contributed by atoms with E-state index in [1.807, 2.05) is 13.8 Å². The highest BCUT2D eigenvalue weighted by atomic mass is 16.7. The SMILES string of the molecule is CC1COC(C)OC1.COCC1COC(C)O1. The van der Waals surface area contributed by atoms with Crippen molar-refractivity contribution in [3.8, 4) is 0 Å². The average Bonchev–Trinajstić information content (AvgIpc) is 2.70. The molecule has 0 aromatic carbocycles. The summed E-state index contributed by atoms with van der Waals surface area (Å²) in [5, 5.41) is 0. The molecule has 0 aromatic heterocycles. The predicted octanol–water partition coefficient (Wildman–Crippen LogP) is 1.41. The zero-order valence-corrected chi connectivity index (χ0v) is 11.2. The second-order valence-electron chi connectivity index (χ2n) is 4.45. The van der Waals surface area contributed by atoms with E-state index in [4.69, 9.17) is 23.7 Å². The van der Waals surface area contributed by atoms with Gasteiger partial charge >= 0.3 is 0 Å². The molecule has 17 heavy (non-hydrogen) atoms. The highest BCUT2D eigenvalue weighted by Gasteiger charge is 2.21. The van der Waals surface area contributed by atoms with Gasteiger partial charge < -0.3 is 23.7 Å².